The second kappa shape index (κ2) is 9.20. The van der Waals surface area contributed by atoms with E-state index in [9.17, 15) is 4.79 Å². The Morgan fingerprint density at radius 3 is 2.67 bits per heavy atom. The smallest absolute Gasteiger partial charge is 0.274 e. The van der Waals surface area contributed by atoms with Crippen LogP contribution in [0.3, 0.4) is 0 Å². The Hall–Kier alpha value is -1.40. The molecule has 1 N–H and O–H groups in total. The lowest BCUT2D eigenvalue weighted by atomic mass is 9.90. The molecule has 0 aromatic carbocycles. The van der Waals surface area contributed by atoms with Gasteiger partial charge in [0.1, 0.15) is 0 Å². The van der Waals surface area contributed by atoms with Gasteiger partial charge in [-0.1, -0.05) is 20.8 Å². The van der Waals surface area contributed by atoms with Crippen molar-refractivity contribution in [1.29, 1.82) is 0 Å². The summed E-state index contributed by atoms with van der Waals surface area (Å²) < 4.78 is 2.11. The molecule has 1 atom stereocenters. The second-order valence-corrected chi connectivity index (χ2v) is 8.67. The molecule has 2 aliphatic rings. The van der Waals surface area contributed by atoms with Crippen molar-refractivity contribution in [3.05, 3.63) is 17.0 Å². The summed E-state index contributed by atoms with van der Waals surface area (Å²) in [5.74, 6) is 0.857. The van der Waals surface area contributed by atoms with Gasteiger partial charge < -0.3 is 15.1 Å². The maximum atomic E-state index is 13.2. The van der Waals surface area contributed by atoms with E-state index in [-0.39, 0.29) is 5.91 Å². The number of piperazine rings is 1. The van der Waals surface area contributed by atoms with E-state index in [1.54, 1.807) is 0 Å². The maximum absolute atomic E-state index is 13.2. The van der Waals surface area contributed by atoms with Gasteiger partial charge in [0.2, 0.25) is 0 Å². The zero-order valence-corrected chi connectivity index (χ0v) is 17.6. The van der Waals surface area contributed by atoms with Crippen LogP contribution in [0, 0.1) is 5.92 Å². The van der Waals surface area contributed by atoms with Crippen LogP contribution in [0.15, 0.2) is 0 Å². The first-order valence-electron chi connectivity index (χ1n) is 10.8. The number of carbonyl (C=O) groups excluding carboxylic acids is 1. The van der Waals surface area contributed by atoms with Crippen molar-refractivity contribution in [3.8, 4) is 0 Å². The lowest BCUT2D eigenvalue weighted by Crippen LogP contribution is -2.47. The van der Waals surface area contributed by atoms with Crippen LogP contribution >= 0.6 is 0 Å². The number of aryl methyl sites for hydroxylation is 1. The van der Waals surface area contributed by atoms with E-state index in [4.69, 9.17) is 5.10 Å². The number of amides is 1. The molecule has 1 unspecified atom stereocenters. The van der Waals surface area contributed by atoms with Gasteiger partial charge in [0, 0.05) is 50.0 Å². The predicted octanol–water partition coefficient (Wildman–Crippen LogP) is 2.17. The predicted molar refractivity (Wildman–Crippen MR) is 109 cm³/mol. The van der Waals surface area contributed by atoms with E-state index in [0.29, 0.717) is 6.04 Å². The monoisotopic (exact) mass is 375 g/mol. The average Bonchev–Trinajstić information content (AvgIpc) is 3.00. The summed E-state index contributed by atoms with van der Waals surface area (Å²) in [4.78, 5) is 17.5. The Bertz CT molecular complexity index is 631. The number of rotatable bonds is 7. The Morgan fingerprint density at radius 2 is 2.00 bits per heavy atom. The van der Waals surface area contributed by atoms with Gasteiger partial charge >= 0.3 is 0 Å². The minimum Gasteiger partial charge on any atom is -0.335 e. The van der Waals surface area contributed by atoms with Crippen LogP contribution in [0.4, 0.5) is 0 Å². The lowest BCUT2D eigenvalue weighted by Gasteiger charge is -2.32. The fraction of sp³-hybridized carbons (Fsp3) is 0.810. The quantitative estimate of drug-likeness (QED) is 0.794. The summed E-state index contributed by atoms with van der Waals surface area (Å²) in [5, 5.41) is 8.52. The van der Waals surface area contributed by atoms with Crippen LogP contribution in [0.25, 0.3) is 0 Å². The highest BCUT2D eigenvalue weighted by Crippen LogP contribution is 2.26. The number of likely N-dealkylation sites (N-methyl/N-ethyl adjacent to an activating group) is 1. The van der Waals surface area contributed by atoms with Crippen LogP contribution in [-0.2, 0) is 19.4 Å². The molecule has 152 valence electrons. The molecule has 3 rings (SSSR count). The molecule has 1 amide bonds. The Morgan fingerprint density at radius 1 is 1.26 bits per heavy atom. The Labute approximate surface area is 164 Å². The molecule has 1 aliphatic carbocycles. The third-order valence-corrected chi connectivity index (χ3v) is 5.93. The highest BCUT2D eigenvalue weighted by Gasteiger charge is 2.31. The first kappa shape index (κ1) is 20.3. The zero-order valence-electron chi connectivity index (χ0n) is 17.6. The molecular formula is C21H37N5O. The molecule has 0 radical (unpaired) electrons. The van der Waals surface area contributed by atoms with E-state index in [1.165, 1.54) is 17.7 Å². The molecule has 0 spiro atoms. The minimum atomic E-state index is 0.136. The third kappa shape index (κ3) is 4.91. The van der Waals surface area contributed by atoms with Crippen LogP contribution in [0.1, 0.15) is 61.8 Å². The fourth-order valence-corrected chi connectivity index (χ4v) is 4.17. The molecule has 27 heavy (non-hydrogen) atoms. The first-order chi connectivity index (χ1) is 13.0. The molecule has 1 aliphatic heterocycles. The first-order valence-corrected chi connectivity index (χ1v) is 10.8. The van der Waals surface area contributed by atoms with Crippen LogP contribution in [0.5, 0.6) is 0 Å². The standard InChI is InChI=1S/C21H37N5O/c1-5-10-26-19-7-6-17(22-9-8-16(2)3)15-18(19)20(23-26)21(27)25-13-11-24(4)12-14-25/h16-17,22H,5-15H2,1-4H3. The van der Waals surface area contributed by atoms with Crippen molar-refractivity contribution in [1.82, 2.24) is 24.9 Å². The van der Waals surface area contributed by atoms with Crippen molar-refractivity contribution in [2.75, 3.05) is 39.8 Å². The van der Waals surface area contributed by atoms with Crippen LogP contribution in [0.2, 0.25) is 0 Å². The highest BCUT2D eigenvalue weighted by molar-refractivity contribution is 5.94. The topological polar surface area (TPSA) is 53.4 Å². The van der Waals surface area contributed by atoms with Gasteiger partial charge in [0.25, 0.3) is 5.91 Å². The maximum Gasteiger partial charge on any atom is 0.274 e. The molecule has 1 fully saturated rings. The largest absolute Gasteiger partial charge is 0.335 e. The molecule has 6 heteroatoms. The van der Waals surface area contributed by atoms with E-state index in [2.05, 4.69) is 42.7 Å². The van der Waals surface area contributed by atoms with Gasteiger partial charge in [-0.3, -0.25) is 9.48 Å². The molecule has 0 saturated carbocycles. The van der Waals surface area contributed by atoms with Crippen LogP contribution < -0.4 is 5.32 Å². The number of aromatic nitrogens is 2. The number of carbonyl (C=O) groups is 1. The van der Waals surface area contributed by atoms with Gasteiger partial charge in [-0.05, 0) is 51.6 Å². The van der Waals surface area contributed by atoms with Gasteiger partial charge in [0.05, 0.1) is 0 Å². The lowest BCUT2D eigenvalue weighted by molar-refractivity contribution is 0.0656. The van der Waals surface area contributed by atoms with E-state index >= 15 is 0 Å². The molecule has 1 saturated heterocycles. The van der Waals surface area contributed by atoms with Crippen molar-refractivity contribution in [2.24, 2.45) is 5.92 Å². The van der Waals surface area contributed by atoms with Crippen molar-refractivity contribution >= 4 is 5.91 Å². The van der Waals surface area contributed by atoms with Crippen molar-refractivity contribution in [2.45, 2.75) is 65.5 Å². The van der Waals surface area contributed by atoms with Gasteiger partial charge in [-0.2, -0.15) is 5.10 Å². The zero-order chi connectivity index (χ0) is 19.4. The van der Waals surface area contributed by atoms with Gasteiger partial charge in [-0.25, -0.2) is 0 Å². The summed E-state index contributed by atoms with van der Waals surface area (Å²) >= 11 is 0. The summed E-state index contributed by atoms with van der Waals surface area (Å²) in [6, 6.07) is 0.467. The summed E-state index contributed by atoms with van der Waals surface area (Å²) in [6.45, 7) is 12.2. The molecule has 2 heterocycles. The van der Waals surface area contributed by atoms with E-state index < -0.39 is 0 Å². The van der Waals surface area contributed by atoms with Gasteiger partial charge in [0.15, 0.2) is 5.69 Å². The van der Waals surface area contributed by atoms with Crippen molar-refractivity contribution < 1.29 is 4.79 Å². The Balaban J connectivity index is 1.75. The fourth-order valence-electron chi connectivity index (χ4n) is 4.17. The van der Waals surface area contributed by atoms with Gasteiger partial charge in [-0.15, -0.1) is 0 Å². The molecule has 6 nitrogen and oxygen atoms in total. The Kier molecular flexibility index (Phi) is 6.93. The number of fused-ring (bicyclic) bond motifs is 1. The molecular weight excluding hydrogens is 338 g/mol. The average molecular weight is 376 g/mol. The summed E-state index contributed by atoms with van der Waals surface area (Å²) in [5.41, 5.74) is 3.23. The second-order valence-electron chi connectivity index (χ2n) is 8.67. The van der Waals surface area contributed by atoms with Crippen molar-refractivity contribution in [3.63, 3.8) is 0 Å². The minimum absolute atomic E-state index is 0.136. The van der Waals surface area contributed by atoms with E-state index in [1.807, 2.05) is 4.90 Å². The number of hydrogen-bond acceptors (Lipinski definition) is 4. The SMILES string of the molecule is CCCn1nc(C(=O)N2CCN(C)CC2)c2c1CCC(NCCC(C)C)C2. The third-order valence-electron chi connectivity index (χ3n) is 5.93. The molecule has 1 aromatic heterocycles. The normalized spacial score (nSPS) is 20.9. The number of hydrogen-bond donors (Lipinski definition) is 1. The molecule has 1 aromatic rings. The van der Waals surface area contributed by atoms with E-state index in [0.717, 1.165) is 76.6 Å². The summed E-state index contributed by atoms with van der Waals surface area (Å²) in [7, 11) is 2.12. The molecule has 0 bridgehead atoms. The summed E-state index contributed by atoms with van der Waals surface area (Å²) in [6.07, 6.45) is 5.35. The highest BCUT2D eigenvalue weighted by atomic mass is 16.2. The number of nitrogens with one attached hydrogen (secondary N) is 1. The number of nitrogens with zero attached hydrogens (tertiary/aromatic N) is 4. The van der Waals surface area contributed by atoms with Crippen LogP contribution in [-0.4, -0.2) is 71.3 Å².